The Bertz CT molecular complexity index is 729. The molecule has 0 aliphatic heterocycles. The third kappa shape index (κ3) is 2.56. The number of amides is 1. The molecule has 1 aromatic carbocycles. The fourth-order valence-electron chi connectivity index (χ4n) is 2.09. The van der Waals surface area contributed by atoms with Gasteiger partial charge in [0.05, 0.1) is 0 Å². The van der Waals surface area contributed by atoms with Gasteiger partial charge in [-0.15, -0.1) is 0 Å². The van der Waals surface area contributed by atoms with E-state index in [1.165, 1.54) is 0 Å². The van der Waals surface area contributed by atoms with E-state index in [9.17, 15) is 4.79 Å². The Kier molecular flexibility index (Phi) is 3.25. The normalized spacial score (nSPS) is 10.8. The van der Waals surface area contributed by atoms with Crippen LogP contribution in [0.5, 0.6) is 0 Å². The van der Waals surface area contributed by atoms with Crippen molar-refractivity contribution in [1.29, 1.82) is 0 Å². The molecule has 0 fully saturated rings. The molecule has 2 N–H and O–H groups in total. The third-order valence-electron chi connectivity index (χ3n) is 3.10. The molecule has 0 aliphatic rings. The molecule has 0 bridgehead atoms. The van der Waals surface area contributed by atoms with Crippen molar-refractivity contribution in [2.75, 3.05) is 6.54 Å². The first-order valence-corrected chi connectivity index (χ1v) is 6.49. The summed E-state index contributed by atoms with van der Waals surface area (Å²) in [6.07, 6.45) is 4.12. The Morgan fingerprint density at radius 3 is 3.10 bits per heavy atom. The van der Waals surface area contributed by atoms with Gasteiger partial charge in [-0.05, 0) is 25.1 Å². The number of fused-ring (bicyclic) bond motifs is 1. The van der Waals surface area contributed by atoms with Crippen molar-refractivity contribution in [3.8, 4) is 0 Å². The van der Waals surface area contributed by atoms with Gasteiger partial charge in [0.1, 0.15) is 11.4 Å². The zero-order chi connectivity index (χ0) is 13.9. The maximum Gasteiger partial charge on any atom is 0.287 e. The second-order valence-electron chi connectivity index (χ2n) is 4.69. The van der Waals surface area contributed by atoms with E-state index in [4.69, 9.17) is 4.42 Å². The first-order valence-electron chi connectivity index (χ1n) is 6.49. The molecular formula is C15H15N3O2. The summed E-state index contributed by atoms with van der Waals surface area (Å²) < 4.78 is 5.54. The first-order chi connectivity index (χ1) is 9.72. The Hall–Kier alpha value is -2.56. The van der Waals surface area contributed by atoms with Gasteiger partial charge >= 0.3 is 0 Å². The van der Waals surface area contributed by atoms with Crippen LogP contribution in [0, 0.1) is 6.92 Å². The molecule has 2 aromatic heterocycles. The number of hydrogen-bond donors (Lipinski definition) is 2. The Morgan fingerprint density at radius 1 is 1.40 bits per heavy atom. The van der Waals surface area contributed by atoms with E-state index in [0.717, 1.165) is 22.4 Å². The van der Waals surface area contributed by atoms with E-state index in [1.807, 2.05) is 25.1 Å². The quantitative estimate of drug-likeness (QED) is 0.764. The molecule has 5 heteroatoms. The number of rotatable bonds is 4. The van der Waals surface area contributed by atoms with Crippen molar-refractivity contribution in [2.24, 2.45) is 0 Å². The van der Waals surface area contributed by atoms with Crippen molar-refractivity contribution >= 4 is 16.9 Å². The predicted octanol–water partition coefficient (Wildman–Crippen LogP) is 2.44. The van der Waals surface area contributed by atoms with E-state index >= 15 is 0 Å². The van der Waals surface area contributed by atoms with Crippen LogP contribution in [-0.4, -0.2) is 22.4 Å². The summed E-state index contributed by atoms with van der Waals surface area (Å²) in [6.45, 7) is 2.53. The minimum atomic E-state index is -0.203. The molecule has 3 rings (SSSR count). The standard InChI is InChI=1S/C15H15N3O2/c1-10-2-3-12-11(8-10)9-13(20-12)15(19)18-5-4-14-16-6-7-17-14/h2-3,6-9H,4-5H2,1H3,(H,16,17)(H,18,19). The van der Waals surface area contributed by atoms with E-state index in [0.29, 0.717) is 18.7 Å². The van der Waals surface area contributed by atoms with E-state index in [-0.39, 0.29) is 5.91 Å². The van der Waals surface area contributed by atoms with Crippen LogP contribution in [0.15, 0.2) is 41.1 Å². The second kappa shape index (κ2) is 5.21. The van der Waals surface area contributed by atoms with Crippen molar-refractivity contribution < 1.29 is 9.21 Å². The number of aromatic amines is 1. The van der Waals surface area contributed by atoms with Crippen molar-refractivity contribution in [3.63, 3.8) is 0 Å². The number of imidazole rings is 1. The van der Waals surface area contributed by atoms with Crippen molar-refractivity contribution in [2.45, 2.75) is 13.3 Å². The summed E-state index contributed by atoms with van der Waals surface area (Å²) in [4.78, 5) is 19.1. The van der Waals surface area contributed by atoms with E-state index in [1.54, 1.807) is 18.5 Å². The van der Waals surface area contributed by atoms with Gasteiger partial charge in [0, 0.05) is 30.7 Å². The van der Waals surface area contributed by atoms with E-state index in [2.05, 4.69) is 15.3 Å². The van der Waals surface area contributed by atoms with Crippen molar-refractivity contribution in [1.82, 2.24) is 15.3 Å². The largest absolute Gasteiger partial charge is 0.451 e. The van der Waals surface area contributed by atoms with Crippen LogP contribution in [0.25, 0.3) is 11.0 Å². The number of carbonyl (C=O) groups is 1. The molecule has 0 saturated heterocycles. The van der Waals surface area contributed by atoms with Crippen LogP contribution in [0.4, 0.5) is 0 Å². The summed E-state index contributed by atoms with van der Waals surface area (Å²) in [5.74, 6) is 0.987. The predicted molar refractivity (Wildman–Crippen MR) is 75.6 cm³/mol. The summed E-state index contributed by atoms with van der Waals surface area (Å²) in [6, 6.07) is 7.61. The van der Waals surface area contributed by atoms with Crippen LogP contribution in [0.1, 0.15) is 21.9 Å². The number of furan rings is 1. The molecule has 20 heavy (non-hydrogen) atoms. The highest BCUT2D eigenvalue weighted by molar-refractivity contribution is 5.96. The number of nitrogens with one attached hydrogen (secondary N) is 2. The molecule has 5 nitrogen and oxygen atoms in total. The Morgan fingerprint density at radius 2 is 2.30 bits per heavy atom. The van der Waals surface area contributed by atoms with Gasteiger partial charge in [-0.3, -0.25) is 4.79 Å². The van der Waals surface area contributed by atoms with Crippen LogP contribution >= 0.6 is 0 Å². The number of nitrogens with zero attached hydrogens (tertiary/aromatic N) is 1. The first kappa shape index (κ1) is 12.5. The summed E-state index contributed by atoms with van der Waals surface area (Å²) in [5.41, 5.74) is 1.87. The number of hydrogen-bond acceptors (Lipinski definition) is 3. The van der Waals surface area contributed by atoms with Gasteiger partial charge in [0.25, 0.3) is 5.91 Å². The molecule has 3 aromatic rings. The maximum absolute atomic E-state index is 12.0. The zero-order valence-electron chi connectivity index (χ0n) is 11.1. The fourth-order valence-corrected chi connectivity index (χ4v) is 2.09. The van der Waals surface area contributed by atoms with Crippen LogP contribution < -0.4 is 5.32 Å². The minimum Gasteiger partial charge on any atom is -0.451 e. The highest BCUT2D eigenvalue weighted by atomic mass is 16.3. The topological polar surface area (TPSA) is 70.9 Å². The zero-order valence-corrected chi connectivity index (χ0v) is 11.1. The maximum atomic E-state index is 12.0. The number of aryl methyl sites for hydroxylation is 1. The van der Waals surface area contributed by atoms with Gasteiger partial charge in [-0.2, -0.15) is 0 Å². The second-order valence-corrected chi connectivity index (χ2v) is 4.69. The smallest absolute Gasteiger partial charge is 0.287 e. The molecule has 2 heterocycles. The van der Waals surface area contributed by atoms with E-state index < -0.39 is 0 Å². The highest BCUT2D eigenvalue weighted by Gasteiger charge is 2.11. The summed E-state index contributed by atoms with van der Waals surface area (Å²) >= 11 is 0. The lowest BCUT2D eigenvalue weighted by Gasteiger charge is -2.00. The summed E-state index contributed by atoms with van der Waals surface area (Å²) in [5, 5.41) is 3.77. The van der Waals surface area contributed by atoms with Gasteiger partial charge < -0.3 is 14.7 Å². The Labute approximate surface area is 116 Å². The van der Waals surface area contributed by atoms with Crippen LogP contribution in [0.3, 0.4) is 0 Å². The molecule has 0 spiro atoms. The van der Waals surface area contributed by atoms with Crippen molar-refractivity contribution in [3.05, 3.63) is 53.8 Å². The lowest BCUT2D eigenvalue weighted by molar-refractivity contribution is 0.0928. The van der Waals surface area contributed by atoms with Crippen LogP contribution in [0.2, 0.25) is 0 Å². The molecule has 0 radical (unpaired) electrons. The number of H-pyrrole nitrogens is 1. The number of carbonyl (C=O) groups excluding carboxylic acids is 1. The lowest BCUT2D eigenvalue weighted by atomic mass is 10.2. The monoisotopic (exact) mass is 269 g/mol. The molecule has 0 atom stereocenters. The molecular weight excluding hydrogens is 254 g/mol. The van der Waals surface area contributed by atoms with Gasteiger partial charge in [-0.25, -0.2) is 4.98 Å². The SMILES string of the molecule is Cc1ccc2oc(C(=O)NCCc3ncc[nH]3)cc2c1. The van der Waals surface area contributed by atoms with Gasteiger partial charge in [0.15, 0.2) is 5.76 Å². The third-order valence-corrected chi connectivity index (χ3v) is 3.10. The fraction of sp³-hybridized carbons (Fsp3) is 0.200. The molecule has 0 unspecified atom stereocenters. The highest BCUT2D eigenvalue weighted by Crippen LogP contribution is 2.20. The number of aromatic nitrogens is 2. The van der Waals surface area contributed by atoms with Gasteiger partial charge in [0.2, 0.25) is 0 Å². The van der Waals surface area contributed by atoms with Crippen LogP contribution in [-0.2, 0) is 6.42 Å². The van der Waals surface area contributed by atoms with Gasteiger partial charge in [-0.1, -0.05) is 11.6 Å². The molecule has 102 valence electrons. The molecule has 0 aliphatic carbocycles. The summed E-state index contributed by atoms with van der Waals surface area (Å²) in [7, 11) is 0. The molecule has 1 amide bonds. The molecule has 0 saturated carbocycles. The Balaban J connectivity index is 1.66. The lowest BCUT2D eigenvalue weighted by Crippen LogP contribution is -2.25. The average molecular weight is 269 g/mol. The minimum absolute atomic E-state index is 0.203. The number of benzene rings is 1. The average Bonchev–Trinajstić information content (AvgIpc) is 3.06.